The van der Waals surface area contributed by atoms with Crippen LogP contribution in [-0.2, 0) is 14.3 Å². The minimum Gasteiger partial charge on any atom is -0.378 e. The third-order valence-electron chi connectivity index (χ3n) is 2.92. The maximum absolute atomic E-state index is 11.9. The first kappa shape index (κ1) is 15.9. The fourth-order valence-corrected chi connectivity index (χ4v) is 1.83. The van der Waals surface area contributed by atoms with Crippen molar-refractivity contribution in [1.29, 1.82) is 0 Å². The topological polar surface area (TPSA) is 58.6 Å². The van der Waals surface area contributed by atoms with E-state index < -0.39 is 0 Å². The van der Waals surface area contributed by atoms with Crippen LogP contribution in [0, 0.1) is 5.92 Å². The second-order valence-electron chi connectivity index (χ2n) is 5.27. The zero-order chi connectivity index (χ0) is 14.4. The van der Waals surface area contributed by atoms with Gasteiger partial charge in [-0.05, 0) is 5.92 Å². The molecule has 2 amide bonds. The molecule has 0 spiro atoms. The van der Waals surface area contributed by atoms with Crippen molar-refractivity contribution in [2.24, 2.45) is 5.92 Å². The molecule has 1 aliphatic rings. The van der Waals surface area contributed by atoms with Crippen molar-refractivity contribution >= 4 is 11.8 Å². The maximum atomic E-state index is 11.9. The van der Waals surface area contributed by atoms with Gasteiger partial charge in [0, 0.05) is 24.2 Å². The highest BCUT2D eigenvalue weighted by atomic mass is 16.5. The summed E-state index contributed by atoms with van der Waals surface area (Å²) >= 11 is 0. The zero-order valence-electron chi connectivity index (χ0n) is 12.2. The molecule has 0 saturated carbocycles. The number of imide groups is 1. The molecule has 0 bridgehead atoms. The number of hydrogen-bond donors (Lipinski definition) is 1. The molecule has 1 N–H and O–H groups in total. The molecule has 1 rings (SSSR count). The van der Waals surface area contributed by atoms with Crippen LogP contribution in [0.3, 0.4) is 0 Å². The molecule has 0 aromatic carbocycles. The van der Waals surface area contributed by atoms with Gasteiger partial charge in [-0.15, -0.1) is 0 Å². The number of amides is 2. The Balaban J connectivity index is 2.24. The summed E-state index contributed by atoms with van der Waals surface area (Å²) in [7, 11) is 0. The Bertz CT molecular complexity index is 362. The Morgan fingerprint density at radius 3 is 2.42 bits per heavy atom. The second kappa shape index (κ2) is 7.40. The van der Waals surface area contributed by atoms with Gasteiger partial charge in [0.1, 0.15) is 0 Å². The minimum absolute atomic E-state index is 0.0811. The minimum atomic E-state index is -0.224. The van der Waals surface area contributed by atoms with Gasteiger partial charge in [0.05, 0.1) is 19.8 Å². The summed E-state index contributed by atoms with van der Waals surface area (Å²) in [5.41, 5.74) is 0.589. The van der Waals surface area contributed by atoms with Crippen LogP contribution < -0.4 is 5.32 Å². The predicted molar refractivity (Wildman–Crippen MR) is 73.6 cm³/mol. The number of carbonyl (C=O) groups excluding carboxylic acids is 2. The van der Waals surface area contributed by atoms with Crippen molar-refractivity contribution in [3.63, 3.8) is 0 Å². The highest BCUT2D eigenvalue weighted by Gasteiger charge is 2.31. The van der Waals surface area contributed by atoms with Gasteiger partial charge < -0.3 is 10.1 Å². The highest BCUT2D eigenvalue weighted by molar-refractivity contribution is 6.16. The van der Waals surface area contributed by atoms with E-state index >= 15 is 0 Å². The van der Waals surface area contributed by atoms with Gasteiger partial charge >= 0.3 is 0 Å². The molecule has 0 aliphatic carbocycles. The van der Waals surface area contributed by atoms with Crippen molar-refractivity contribution in [2.75, 3.05) is 26.3 Å². The van der Waals surface area contributed by atoms with Crippen molar-refractivity contribution in [3.05, 3.63) is 11.6 Å². The molecule has 0 aromatic rings. The molecule has 0 fully saturated rings. The Hall–Kier alpha value is -1.20. The SMILES string of the molecule is CC(C)NCCOCCN1C(=O)C=C(C(C)C)C1=O. The maximum Gasteiger partial charge on any atom is 0.257 e. The third kappa shape index (κ3) is 4.76. The Labute approximate surface area is 115 Å². The molecular weight excluding hydrogens is 244 g/mol. The fourth-order valence-electron chi connectivity index (χ4n) is 1.83. The van der Waals surface area contributed by atoms with Crippen LogP contribution in [0.1, 0.15) is 27.7 Å². The number of carbonyl (C=O) groups is 2. The first-order valence-electron chi connectivity index (χ1n) is 6.82. The molecule has 108 valence electrons. The predicted octanol–water partition coefficient (Wildman–Crippen LogP) is 0.952. The van der Waals surface area contributed by atoms with E-state index in [0.717, 1.165) is 6.54 Å². The van der Waals surface area contributed by atoms with Crippen LogP contribution in [0.4, 0.5) is 0 Å². The number of ether oxygens (including phenoxy) is 1. The van der Waals surface area contributed by atoms with Gasteiger partial charge in [0.2, 0.25) is 0 Å². The van der Waals surface area contributed by atoms with E-state index in [4.69, 9.17) is 4.74 Å². The van der Waals surface area contributed by atoms with E-state index in [0.29, 0.717) is 31.4 Å². The summed E-state index contributed by atoms with van der Waals surface area (Å²) < 4.78 is 5.41. The van der Waals surface area contributed by atoms with E-state index in [9.17, 15) is 9.59 Å². The fraction of sp³-hybridized carbons (Fsp3) is 0.714. The van der Waals surface area contributed by atoms with Gasteiger partial charge in [-0.25, -0.2) is 0 Å². The lowest BCUT2D eigenvalue weighted by Crippen LogP contribution is -2.35. The summed E-state index contributed by atoms with van der Waals surface area (Å²) in [5, 5.41) is 3.23. The van der Waals surface area contributed by atoms with Gasteiger partial charge in [-0.2, -0.15) is 0 Å². The molecule has 1 aliphatic heterocycles. The van der Waals surface area contributed by atoms with Crippen LogP contribution >= 0.6 is 0 Å². The number of rotatable bonds is 8. The number of nitrogens with one attached hydrogen (secondary N) is 1. The van der Waals surface area contributed by atoms with Crippen LogP contribution in [0.5, 0.6) is 0 Å². The first-order chi connectivity index (χ1) is 8.93. The normalized spacial score (nSPS) is 15.9. The van der Waals surface area contributed by atoms with E-state index in [-0.39, 0.29) is 17.7 Å². The molecular formula is C14H24N2O3. The van der Waals surface area contributed by atoms with E-state index in [1.54, 1.807) is 0 Å². The van der Waals surface area contributed by atoms with Crippen LogP contribution in [0.25, 0.3) is 0 Å². The lowest BCUT2D eigenvalue weighted by atomic mass is 10.0. The molecule has 5 heteroatoms. The Morgan fingerprint density at radius 1 is 1.21 bits per heavy atom. The summed E-state index contributed by atoms with van der Waals surface area (Å²) in [6.07, 6.45) is 1.44. The average Bonchev–Trinajstić information content (AvgIpc) is 2.60. The van der Waals surface area contributed by atoms with Gasteiger partial charge in [-0.1, -0.05) is 27.7 Å². The largest absolute Gasteiger partial charge is 0.378 e. The number of nitrogens with zero attached hydrogens (tertiary/aromatic N) is 1. The molecule has 5 nitrogen and oxygen atoms in total. The van der Waals surface area contributed by atoms with Gasteiger partial charge in [0.15, 0.2) is 0 Å². The average molecular weight is 268 g/mol. The van der Waals surface area contributed by atoms with E-state index in [1.807, 2.05) is 13.8 Å². The molecule has 0 radical (unpaired) electrons. The lowest BCUT2D eigenvalue weighted by Gasteiger charge is -2.16. The standard InChI is InChI=1S/C14H24N2O3/c1-10(2)12-9-13(17)16(14(12)18)6-8-19-7-5-15-11(3)4/h9-11,15H,5-8H2,1-4H3. The monoisotopic (exact) mass is 268 g/mol. The second-order valence-corrected chi connectivity index (χ2v) is 5.27. The van der Waals surface area contributed by atoms with Crippen molar-refractivity contribution in [3.8, 4) is 0 Å². The smallest absolute Gasteiger partial charge is 0.257 e. The van der Waals surface area contributed by atoms with Crippen LogP contribution in [0.15, 0.2) is 11.6 Å². The van der Waals surface area contributed by atoms with Crippen molar-refractivity contribution in [2.45, 2.75) is 33.7 Å². The van der Waals surface area contributed by atoms with Crippen LogP contribution in [0.2, 0.25) is 0 Å². The summed E-state index contributed by atoms with van der Waals surface area (Å²) in [6.45, 7) is 10.0. The quantitative estimate of drug-likeness (QED) is 0.526. The van der Waals surface area contributed by atoms with Crippen molar-refractivity contribution in [1.82, 2.24) is 10.2 Å². The lowest BCUT2D eigenvalue weighted by molar-refractivity contribution is -0.138. The molecule has 0 unspecified atom stereocenters. The first-order valence-corrected chi connectivity index (χ1v) is 6.82. The summed E-state index contributed by atoms with van der Waals surface area (Å²) in [4.78, 5) is 24.9. The van der Waals surface area contributed by atoms with E-state index in [2.05, 4.69) is 19.2 Å². The third-order valence-corrected chi connectivity index (χ3v) is 2.92. The summed E-state index contributed by atoms with van der Waals surface area (Å²) in [5.74, 6) is -0.320. The highest BCUT2D eigenvalue weighted by Crippen LogP contribution is 2.19. The molecule has 0 aromatic heterocycles. The van der Waals surface area contributed by atoms with Gasteiger partial charge in [0.25, 0.3) is 11.8 Å². The van der Waals surface area contributed by atoms with Gasteiger partial charge in [-0.3, -0.25) is 14.5 Å². The Morgan fingerprint density at radius 2 is 1.89 bits per heavy atom. The zero-order valence-corrected chi connectivity index (χ0v) is 12.2. The molecule has 0 atom stereocenters. The van der Waals surface area contributed by atoms with E-state index in [1.165, 1.54) is 11.0 Å². The molecule has 1 heterocycles. The molecule has 0 saturated heterocycles. The summed E-state index contributed by atoms with van der Waals surface area (Å²) in [6, 6.07) is 0.433. The number of hydrogen-bond acceptors (Lipinski definition) is 4. The molecule has 19 heavy (non-hydrogen) atoms. The van der Waals surface area contributed by atoms with Crippen LogP contribution in [-0.4, -0.2) is 49.1 Å². The van der Waals surface area contributed by atoms with Crippen molar-refractivity contribution < 1.29 is 14.3 Å². The Kier molecular flexibility index (Phi) is 6.18.